The summed E-state index contributed by atoms with van der Waals surface area (Å²) in [5.41, 5.74) is 2.61. The van der Waals surface area contributed by atoms with Crippen molar-refractivity contribution < 1.29 is 4.74 Å². The van der Waals surface area contributed by atoms with Crippen LogP contribution < -0.4 is 0 Å². The molecular formula is C12H10ClN3O. The van der Waals surface area contributed by atoms with Crippen molar-refractivity contribution in [2.75, 3.05) is 6.61 Å². The van der Waals surface area contributed by atoms with Crippen molar-refractivity contribution in [1.29, 1.82) is 0 Å². The second kappa shape index (κ2) is 4.39. The molecule has 17 heavy (non-hydrogen) atoms. The molecule has 5 heteroatoms. The lowest BCUT2D eigenvalue weighted by Crippen LogP contribution is -2.14. The first-order valence-corrected chi connectivity index (χ1v) is 5.77. The van der Waals surface area contributed by atoms with Gasteiger partial charge in [0.1, 0.15) is 10.8 Å². The number of nitrogens with zero attached hydrogens (tertiary/aromatic N) is 3. The second-order valence-electron chi connectivity index (χ2n) is 3.78. The van der Waals surface area contributed by atoms with E-state index in [4.69, 9.17) is 16.3 Å². The maximum atomic E-state index is 6.14. The molecule has 2 aromatic rings. The lowest BCUT2D eigenvalue weighted by molar-refractivity contribution is 0.109. The van der Waals surface area contributed by atoms with Gasteiger partial charge < -0.3 is 4.74 Å². The predicted molar refractivity (Wildman–Crippen MR) is 63.6 cm³/mol. The summed E-state index contributed by atoms with van der Waals surface area (Å²) in [6, 6.07) is 5.64. The molecule has 1 aliphatic rings. The molecule has 0 N–H and O–H groups in total. The number of ether oxygens (including phenoxy) is 1. The number of pyridine rings is 1. The number of hydrogen-bond donors (Lipinski definition) is 0. The minimum atomic E-state index is 0.468. The van der Waals surface area contributed by atoms with Crippen LogP contribution in [0.1, 0.15) is 11.3 Å². The first-order chi connectivity index (χ1) is 8.34. The van der Waals surface area contributed by atoms with E-state index in [0.717, 1.165) is 23.4 Å². The summed E-state index contributed by atoms with van der Waals surface area (Å²) in [6.45, 7) is 1.18. The van der Waals surface area contributed by atoms with Crippen LogP contribution in [-0.4, -0.2) is 21.6 Å². The average Bonchev–Trinajstić information content (AvgIpc) is 2.40. The van der Waals surface area contributed by atoms with Crippen LogP contribution in [-0.2, 0) is 17.8 Å². The zero-order valence-corrected chi connectivity index (χ0v) is 9.81. The Morgan fingerprint density at radius 3 is 3.00 bits per heavy atom. The third-order valence-electron chi connectivity index (χ3n) is 2.67. The molecule has 0 amide bonds. The molecule has 0 atom stereocenters. The summed E-state index contributed by atoms with van der Waals surface area (Å²) in [6.07, 6.45) is 2.49. The summed E-state index contributed by atoms with van der Waals surface area (Å²) in [7, 11) is 0. The Labute approximate surface area is 104 Å². The van der Waals surface area contributed by atoms with Gasteiger partial charge in [-0.2, -0.15) is 0 Å². The van der Waals surface area contributed by atoms with Gasteiger partial charge >= 0.3 is 0 Å². The van der Waals surface area contributed by atoms with E-state index < -0.39 is 0 Å². The quantitative estimate of drug-likeness (QED) is 0.726. The molecule has 3 heterocycles. The van der Waals surface area contributed by atoms with Gasteiger partial charge in [-0.3, -0.25) is 4.98 Å². The molecule has 0 spiro atoms. The van der Waals surface area contributed by atoms with Gasteiger partial charge in [0.2, 0.25) is 0 Å². The van der Waals surface area contributed by atoms with Crippen LogP contribution in [0.2, 0.25) is 5.15 Å². The van der Waals surface area contributed by atoms with Crippen molar-refractivity contribution in [3.05, 3.63) is 40.8 Å². The van der Waals surface area contributed by atoms with Crippen LogP contribution in [0.4, 0.5) is 0 Å². The van der Waals surface area contributed by atoms with Crippen LogP contribution >= 0.6 is 11.6 Å². The fourth-order valence-corrected chi connectivity index (χ4v) is 2.05. The van der Waals surface area contributed by atoms with Crippen molar-refractivity contribution in [3.8, 4) is 11.5 Å². The smallest absolute Gasteiger partial charge is 0.179 e. The molecule has 3 rings (SSSR count). The highest BCUT2D eigenvalue weighted by molar-refractivity contribution is 6.30. The van der Waals surface area contributed by atoms with E-state index in [2.05, 4.69) is 15.0 Å². The van der Waals surface area contributed by atoms with Crippen LogP contribution in [0.15, 0.2) is 24.4 Å². The highest BCUT2D eigenvalue weighted by atomic mass is 35.5. The van der Waals surface area contributed by atoms with E-state index in [-0.39, 0.29) is 0 Å². The molecule has 0 saturated heterocycles. The van der Waals surface area contributed by atoms with Crippen molar-refractivity contribution in [2.24, 2.45) is 0 Å². The monoisotopic (exact) mass is 247 g/mol. The first kappa shape index (κ1) is 10.6. The molecule has 0 bridgehead atoms. The zero-order valence-electron chi connectivity index (χ0n) is 9.06. The maximum absolute atomic E-state index is 6.14. The number of halogens is 1. The Hall–Kier alpha value is -1.52. The summed E-state index contributed by atoms with van der Waals surface area (Å²) in [5, 5.41) is 0.468. The maximum Gasteiger partial charge on any atom is 0.179 e. The zero-order chi connectivity index (χ0) is 11.7. The Kier molecular flexibility index (Phi) is 2.74. The lowest BCUT2D eigenvalue weighted by Gasteiger charge is -2.16. The third-order valence-corrected chi connectivity index (χ3v) is 2.98. The number of aromatic nitrogens is 3. The van der Waals surface area contributed by atoms with Crippen molar-refractivity contribution >= 4 is 11.6 Å². The van der Waals surface area contributed by atoms with Gasteiger partial charge in [-0.1, -0.05) is 17.7 Å². The van der Waals surface area contributed by atoms with E-state index in [0.29, 0.717) is 24.2 Å². The largest absolute Gasteiger partial charge is 0.376 e. The fourth-order valence-electron chi connectivity index (χ4n) is 1.80. The van der Waals surface area contributed by atoms with Gasteiger partial charge in [0.15, 0.2) is 5.82 Å². The molecule has 4 nitrogen and oxygen atoms in total. The van der Waals surface area contributed by atoms with Crippen molar-refractivity contribution in [3.63, 3.8) is 0 Å². The Morgan fingerprint density at radius 2 is 2.18 bits per heavy atom. The number of rotatable bonds is 1. The molecule has 0 radical (unpaired) electrons. The molecule has 2 aromatic heterocycles. The standard InChI is InChI=1S/C12H10ClN3O/c13-11-8-7-17-6-4-9(8)15-12(16-11)10-3-1-2-5-14-10/h1-3,5H,4,6-7H2. The normalized spacial score (nSPS) is 14.4. The van der Waals surface area contributed by atoms with Gasteiger partial charge in [0.05, 0.1) is 18.9 Å². The van der Waals surface area contributed by atoms with Gasteiger partial charge in [-0.25, -0.2) is 9.97 Å². The van der Waals surface area contributed by atoms with Crippen LogP contribution in [0.5, 0.6) is 0 Å². The molecule has 0 saturated carbocycles. The third kappa shape index (κ3) is 2.01. The Bertz CT molecular complexity index is 545. The minimum Gasteiger partial charge on any atom is -0.376 e. The highest BCUT2D eigenvalue weighted by Crippen LogP contribution is 2.24. The second-order valence-corrected chi connectivity index (χ2v) is 4.14. The number of fused-ring (bicyclic) bond motifs is 1. The molecule has 0 unspecified atom stereocenters. The SMILES string of the molecule is Clc1nc(-c2ccccn2)nc2c1COCC2. The molecule has 0 aliphatic carbocycles. The summed E-state index contributed by atoms with van der Waals surface area (Å²) in [5.74, 6) is 0.580. The lowest BCUT2D eigenvalue weighted by atomic mass is 10.1. The molecular weight excluding hydrogens is 238 g/mol. The van der Waals surface area contributed by atoms with Gasteiger partial charge in [-0.05, 0) is 12.1 Å². The van der Waals surface area contributed by atoms with Crippen LogP contribution in [0.25, 0.3) is 11.5 Å². The van der Waals surface area contributed by atoms with Gasteiger partial charge in [0, 0.05) is 18.2 Å². The Balaban J connectivity index is 2.11. The fraction of sp³-hybridized carbons (Fsp3) is 0.250. The van der Waals surface area contributed by atoms with Gasteiger partial charge in [-0.15, -0.1) is 0 Å². The molecule has 0 aromatic carbocycles. The minimum absolute atomic E-state index is 0.468. The van der Waals surface area contributed by atoms with Crippen LogP contribution in [0, 0.1) is 0 Å². The first-order valence-electron chi connectivity index (χ1n) is 5.39. The van der Waals surface area contributed by atoms with Crippen molar-refractivity contribution in [1.82, 2.24) is 15.0 Å². The summed E-state index contributed by atoms with van der Waals surface area (Å²) in [4.78, 5) is 13.0. The molecule has 0 fully saturated rings. The molecule has 1 aliphatic heterocycles. The van der Waals surface area contributed by atoms with Gasteiger partial charge in [0.25, 0.3) is 0 Å². The van der Waals surface area contributed by atoms with E-state index in [9.17, 15) is 0 Å². The van der Waals surface area contributed by atoms with Crippen LogP contribution in [0.3, 0.4) is 0 Å². The molecule has 86 valence electrons. The Morgan fingerprint density at radius 1 is 1.24 bits per heavy atom. The average molecular weight is 248 g/mol. The van der Waals surface area contributed by atoms with E-state index in [1.807, 2.05) is 18.2 Å². The van der Waals surface area contributed by atoms with E-state index in [1.54, 1.807) is 6.20 Å². The summed E-state index contributed by atoms with van der Waals surface area (Å²) >= 11 is 6.14. The van der Waals surface area contributed by atoms with Crippen molar-refractivity contribution in [2.45, 2.75) is 13.0 Å². The highest BCUT2D eigenvalue weighted by Gasteiger charge is 2.17. The summed E-state index contributed by atoms with van der Waals surface area (Å²) < 4.78 is 5.34. The number of hydrogen-bond acceptors (Lipinski definition) is 4. The predicted octanol–water partition coefficient (Wildman–Crippen LogP) is 2.26. The van der Waals surface area contributed by atoms with E-state index in [1.165, 1.54) is 0 Å². The van der Waals surface area contributed by atoms with E-state index >= 15 is 0 Å². The topological polar surface area (TPSA) is 47.9 Å².